The first kappa shape index (κ1) is 12.9. The Morgan fingerprint density at radius 3 is 2.68 bits per heavy atom. The number of nitrogens with two attached hydrogens (primary N) is 1. The van der Waals surface area contributed by atoms with E-state index in [0.717, 1.165) is 16.9 Å². The highest BCUT2D eigenvalue weighted by atomic mass is 19.4. The summed E-state index contributed by atoms with van der Waals surface area (Å²) in [7, 11) is 0. The third-order valence-corrected chi connectivity index (χ3v) is 2.26. The van der Waals surface area contributed by atoms with E-state index in [-0.39, 0.29) is 11.7 Å². The maximum Gasteiger partial charge on any atom is 0.435 e. The predicted octanol–water partition coefficient (Wildman–Crippen LogP) is 1.38. The first-order chi connectivity index (χ1) is 8.91. The topological polar surface area (TPSA) is 89.3 Å². The standard InChI is InChI=1S/C10H8F3N5O/c11-10(12,13)7-2-4-18(16-7)8-5-6(1-3-15-8)9(14)17-19/h1-5,19H,(H2,14,17). The summed E-state index contributed by atoms with van der Waals surface area (Å²) in [4.78, 5) is 3.86. The zero-order chi connectivity index (χ0) is 14.0. The second kappa shape index (κ2) is 4.59. The van der Waals surface area contributed by atoms with E-state index in [1.165, 1.54) is 18.3 Å². The van der Waals surface area contributed by atoms with Gasteiger partial charge < -0.3 is 10.9 Å². The van der Waals surface area contributed by atoms with Gasteiger partial charge in [-0.3, -0.25) is 0 Å². The fourth-order valence-corrected chi connectivity index (χ4v) is 1.36. The second-order valence-corrected chi connectivity index (χ2v) is 3.53. The molecule has 0 fully saturated rings. The number of aromatic nitrogens is 3. The summed E-state index contributed by atoms with van der Waals surface area (Å²) >= 11 is 0. The van der Waals surface area contributed by atoms with Gasteiger partial charge in [-0.05, 0) is 18.2 Å². The Labute approximate surface area is 105 Å². The molecule has 2 aromatic heterocycles. The molecule has 0 atom stereocenters. The predicted molar refractivity (Wildman–Crippen MR) is 58.9 cm³/mol. The van der Waals surface area contributed by atoms with Gasteiger partial charge >= 0.3 is 6.18 Å². The lowest BCUT2D eigenvalue weighted by atomic mass is 10.2. The summed E-state index contributed by atoms with van der Waals surface area (Å²) in [5.41, 5.74) is 4.67. The average Bonchev–Trinajstić information content (AvgIpc) is 2.87. The number of hydrogen-bond donors (Lipinski definition) is 2. The molecule has 2 heterocycles. The number of halogens is 3. The number of alkyl halides is 3. The molecule has 0 unspecified atom stereocenters. The highest BCUT2D eigenvalue weighted by Gasteiger charge is 2.33. The van der Waals surface area contributed by atoms with Gasteiger partial charge in [-0.15, -0.1) is 0 Å². The quantitative estimate of drug-likeness (QED) is 0.374. The molecule has 0 spiro atoms. The molecule has 0 radical (unpaired) electrons. The van der Waals surface area contributed by atoms with Gasteiger partial charge in [-0.25, -0.2) is 9.67 Å². The molecular formula is C10H8F3N5O. The van der Waals surface area contributed by atoms with Crippen molar-refractivity contribution < 1.29 is 18.4 Å². The molecule has 0 aliphatic heterocycles. The maximum absolute atomic E-state index is 12.4. The minimum absolute atomic E-state index is 0.125. The molecule has 0 saturated heterocycles. The SMILES string of the molecule is NC(=NO)c1ccnc(-n2ccc(C(F)(F)F)n2)c1. The molecule has 9 heteroatoms. The lowest BCUT2D eigenvalue weighted by Crippen LogP contribution is -2.14. The Morgan fingerprint density at radius 1 is 1.37 bits per heavy atom. The summed E-state index contributed by atoms with van der Waals surface area (Å²) in [5.74, 6) is -0.0496. The first-order valence-corrected chi connectivity index (χ1v) is 4.99. The molecule has 6 nitrogen and oxygen atoms in total. The van der Waals surface area contributed by atoms with Crippen LogP contribution in [0.1, 0.15) is 11.3 Å². The molecule has 0 saturated carbocycles. The number of hydrogen-bond acceptors (Lipinski definition) is 4. The largest absolute Gasteiger partial charge is 0.435 e. The molecule has 100 valence electrons. The smallest absolute Gasteiger partial charge is 0.409 e. The van der Waals surface area contributed by atoms with Gasteiger partial charge in [0, 0.05) is 18.0 Å². The number of rotatable bonds is 2. The van der Waals surface area contributed by atoms with E-state index < -0.39 is 11.9 Å². The van der Waals surface area contributed by atoms with Gasteiger partial charge in [-0.1, -0.05) is 5.16 Å². The van der Waals surface area contributed by atoms with E-state index in [9.17, 15) is 13.2 Å². The fourth-order valence-electron chi connectivity index (χ4n) is 1.36. The molecule has 0 aliphatic carbocycles. The molecule has 3 N–H and O–H groups in total. The lowest BCUT2D eigenvalue weighted by Gasteiger charge is -2.04. The lowest BCUT2D eigenvalue weighted by molar-refractivity contribution is -0.141. The highest BCUT2D eigenvalue weighted by Crippen LogP contribution is 2.27. The molecule has 0 aliphatic rings. The molecule has 0 bridgehead atoms. The van der Waals surface area contributed by atoms with Crippen molar-refractivity contribution in [3.8, 4) is 5.82 Å². The van der Waals surface area contributed by atoms with Crippen molar-refractivity contribution >= 4 is 5.84 Å². The number of amidine groups is 1. The summed E-state index contributed by atoms with van der Waals surface area (Å²) < 4.78 is 38.2. The molecular weight excluding hydrogens is 263 g/mol. The summed E-state index contributed by atoms with van der Waals surface area (Å²) in [6.45, 7) is 0. The van der Waals surface area contributed by atoms with Crippen LogP contribution in [-0.4, -0.2) is 25.8 Å². The Balaban J connectivity index is 2.40. The second-order valence-electron chi connectivity index (χ2n) is 3.53. The van der Waals surface area contributed by atoms with Crippen LogP contribution in [0.4, 0.5) is 13.2 Å². The number of pyridine rings is 1. The molecule has 19 heavy (non-hydrogen) atoms. The fraction of sp³-hybridized carbons (Fsp3) is 0.100. The Hall–Kier alpha value is -2.58. The van der Waals surface area contributed by atoms with Crippen LogP contribution in [0.25, 0.3) is 5.82 Å². The normalized spacial score (nSPS) is 12.7. The van der Waals surface area contributed by atoms with Crippen LogP contribution in [0.15, 0.2) is 35.7 Å². The van der Waals surface area contributed by atoms with E-state index in [0.29, 0.717) is 5.56 Å². The van der Waals surface area contributed by atoms with E-state index in [1.807, 2.05) is 0 Å². The van der Waals surface area contributed by atoms with Gasteiger partial charge in [0.15, 0.2) is 17.3 Å². The van der Waals surface area contributed by atoms with E-state index in [2.05, 4.69) is 15.2 Å². The summed E-state index contributed by atoms with van der Waals surface area (Å²) in [6, 6.07) is 3.63. The van der Waals surface area contributed by atoms with E-state index >= 15 is 0 Å². The monoisotopic (exact) mass is 271 g/mol. The van der Waals surface area contributed by atoms with E-state index in [4.69, 9.17) is 10.9 Å². The van der Waals surface area contributed by atoms with Crippen molar-refractivity contribution in [3.63, 3.8) is 0 Å². The van der Waals surface area contributed by atoms with Crippen LogP contribution in [0.3, 0.4) is 0 Å². The molecule has 0 amide bonds. The van der Waals surface area contributed by atoms with Crippen molar-refractivity contribution in [3.05, 3.63) is 41.9 Å². The molecule has 2 aromatic rings. The average molecular weight is 271 g/mol. The van der Waals surface area contributed by atoms with Gasteiger partial charge in [-0.2, -0.15) is 18.3 Å². The number of nitrogens with zero attached hydrogens (tertiary/aromatic N) is 4. The highest BCUT2D eigenvalue weighted by molar-refractivity contribution is 5.97. The minimum atomic E-state index is -4.52. The minimum Gasteiger partial charge on any atom is -0.409 e. The Bertz CT molecular complexity index is 620. The Kier molecular flexibility index (Phi) is 3.11. The molecule has 0 aromatic carbocycles. The van der Waals surface area contributed by atoms with Crippen LogP contribution >= 0.6 is 0 Å². The molecule has 2 rings (SSSR count). The number of oxime groups is 1. The van der Waals surface area contributed by atoms with Gasteiger partial charge in [0.05, 0.1) is 0 Å². The van der Waals surface area contributed by atoms with Crippen LogP contribution in [0, 0.1) is 0 Å². The zero-order valence-corrected chi connectivity index (χ0v) is 9.33. The van der Waals surface area contributed by atoms with E-state index in [1.54, 1.807) is 0 Å². The third kappa shape index (κ3) is 2.64. The van der Waals surface area contributed by atoms with Gasteiger partial charge in [0.25, 0.3) is 0 Å². The summed E-state index contributed by atoms with van der Waals surface area (Å²) in [6.07, 6.45) is -2.08. The van der Waals surface area contributed by atoms with Crippen LogP contribution in [0.2, 0.25) is 0 Å². The first-order valence-electron chi connectivity index (χ1n) is 4.99. The Morgan fingerprint density at radius 2 is 2.11 bits per heavy atom. The van der Waals surface area contributed by atoms with Crippen LogP contribution in [0.5, 0.6) is 0 Å². The van der Waals surface area contributed by atoms with Crippen molar-refractivity contribution in [1.29, 1.82) is 0 Å². The van der Waals surface area contributed by atoms with Gasteiger partial charge in [0.1, 0.15) is 0 Å². The summed E-state index contributed by atoms with van der Waals surface area (Å²) in [5, 5.41) is 14.7. The third-order valence-electron chi connectivity index (χ3n) is 2.26. The van der Waals surface area contributed by atoms with Crippen molar-refractivity contribution in [1.82, 2.24) is 14.8 Å². The maximum atomic E-state index is 12.4. The van der Waals surface area contributed by atoms with Crippen LogP contribution in [-0.2, 0) is 6.18 Å². The van der Waals surface area contributed by atoms with Crippen molar-refractivity contribution in [2.24, 2.45) is 10.9 Å². The van der Waals surface area contributed by atoms with Gasteiger partial charge in [0.2, 0.25) is 0 Å². The zero-order valence-electron chi connectivity index (χ0n) is 9.33. The van der Waals surface area contributed by atoms with Crippen molar-refractivity contribution in [2.75, 3.05) is 0 Å². The van der Waals surface area contributed by atoms with Crippen molar-refractivity contribution in [2.45, 2.75) is 6.18 Å². The van der Waals surface area contributed by atoms with Crippen LogP contribution < -0.4 is 5.73 Å².